The van der Waals surface area contributed by atoms with Crippen molar-refractivity contribution in [2.45, 2.75) is 25.8 Å². The highest BCUT2D eigenvalue weighted by Crippen LogP contribution is 2.15. The molecular weight excluding hydrogens is 212 g/mol. The van der Waals surface area contributed by atoms with Gasteiger partial charge in [-0.15, -0.1) is 0 Å². The van der Waals surface area contributed by atoms with Crippen LogP contribution in [0.3, 0.4) is 0 Å². The van der Waals surface area contributed by atoms with Crippen LogP contribution in [-0.2, 0) is 4.79 Å². The molecule has 0 saturated carbocycles. The van der Waals surface area contributed by atoms with Crippen LogP contribution < -0.4 is 5.32 Å². The predicted molar refractivity (Wildman–Crippen MR) is 57.0 cm³/mol. The Hall–Kier alpha value is -1.30. The maximum absolute atomic E-state index is 11.7. The molecule has 1 fully saturated rings. The number of aliphatic hydroxyl groups excluding tert-OH is 1. The van der Waals surface area contributed by atoms with Crippen molar-refractivity contribution < 1.29 is 19.8 Å². The van der Waals surface area contributed by atoms with E-state index in [1.807, 2.05) is 0 Å². The summed E-state index contributed by atoms with van der Waals surface area (Å²) in [6, 6.07) is -1.63. The highest BCUT2D eigenvalue weighted by atomic mass is 16.4. The zero-order valence-electron chi connectivity index (χ0n) is 9.35. The van der Waals surface area contributed by atoms with E-state index in [9.17, 15) is 9.59 Å². The molecular formula is C10H18N2O4. The summed E-state index contributed by atoms with van der Waals surface area (Å²) in [5.74, 6) is -0.780. The van der Waals surface area contributed by atoms with Gasteiger partial charge in [-0.25, -0.2) is 9.59 Å². The molecule has 2 atom stereocenters. The van der Waals surface area contributed by atoms with E-state index in [1.165, 1.54) is 0 Å². The van der Waals surface area contributed by atoms with E-state index in [0.29, 0.717) is 19.0 Å². The molecule has 1 aliphatic rings. The minimum Gasteiger partial charge on any atom is -0.480 e. The maximum atomic E-state index is 11.7. The van der Waals surface area contributed by atoms with Gasteiger partial charge in [0.15, 0.2) is 6.04 Å². The molecule has 1 unspecified atom stereocenters. The summed E-state index contributed by atoms with van der Waals surface area (Å²) >= 11 is 0. The van der Waals surface area contributed by atoms with Crippen LogP contribution in [0.15, 0.2) is 0 Å². The first kappa shape index (κ1) is 12.8. The van der Waals surface area contributed by atoms with Crippen LogP contribution in [0.1, 0.15) is 19.8 Å². The molecule has 1 aliphatic heterocycles. The molecule has 1 heterocycles. The van der Waals surface area contributed by atoms with Crippen LogP contribution in [-0.4, -0.2) is 52.9 Å². The zero-order chi connectivity index (χ0) is 12.1. The molecule has 0 aromatic rings. The first-order valence-corrected chi connectivity index (χ1v) is 5.43. The molecule has 0 aliphatic carbocycles. The van der Waals surface area contributed by atoms with Crippen molar-refractivity contribution in [1.82, 2.24) is 10.2 Å². The Balaban J connectivity index is 2.47. The number of rotatable bonds is 3. The average Bonchev–Trinajstić information content (AvgIpc) is 2.25. The maximum Gasteiger partial charge on any atom is 0.328 e. The minimum atomic E-state index is -1.22. The number of carboxylic acid groups (broad SMARTS) is 1. The number of hydrogen-bond donors (Lipinski definition) is 3. The number of carboxylic acids is 1. The van der Waals surface area contributed by atoms with Crippen LogP contribution >= 0.6 is 0 Å². The third kappa shape index (κ3) is 3.37. The fraction of sp³-hybridized carbons (Fsp3) is 0.800. The third-order valence-corrected chi connectivity index (χ3v) is 2.72. The monoisotopic (exact) mass is 230 g/mol. The Labute approximate surface area is 94.2 Å². The summed E-state index contributed by atoms with van der Waals surface area (Å²) in [4.78, 5) is 23.9. The van der Waals surface area contributed by atoms with Crippen LogP contribution in [0.5, 0.6) is 0 Å². The molecule has 6 nitrogen and oxygen atoms in total. The number of aliphatic carboxylic acids is 1. The summed E-state index contributed by atoms with van der Waals surface area (Å²) in [6.07, 6.45) is 2.03. The van der Waals surface area contributed by atoms with Crippen LogP contribution in [0.2, 0.25) is 0 Å². The van der Waals surface area contributed by atoms with Crippen LogP contribution in [0.4, 0.5) is 4.79 Å². The van der Waals surface area contributed by atoms with E-state index >= 15 is 0 Å². The molecule has 0 aromatic carbocycles. The topological polar surface area (TPSA) is 89.9 Å². The van der Waals surface area contributed by atoms with Crippen molar-refractivity contribution in [3.05, 3.63) is 0 Å². The van der Waals surface area contributed by atoms with Gasteiger partial charge in [-0.1, -0.05) is 6.92 Å². The first-order valence-electron chi connectivity index (χ1n) is 5.43. The van der Waals surface area contributed by atoms with Gasteiger partial charge in [0.1, 0.15) is 0 Å². The molecule has 2 amide bonds. The zero-order valence-corrected chi connectivity index (χ0v) is 9.35. The van der Waals surface area contributed by atoms with Crippen LogP contribution in [0, 0.1) is 5.92 Å². The van der Waals surface area contributed by atoms with Crippen LogP contribution in [0.25, 0.3) is 0 Å². The van der Waals surface area contributed by atoms with Gasteiger partial charge >= 0.3 is 12.0 Å². The second kappa shape index (κ2) is 5.69. The van der Waals surface area contributed by atoms with Crippen molar-refractivity contribution in [3.63, 3.8) is 0 Å². The molecule has 16 heavy (non-hydrogen) atoms. The Morgan fingerprint density at radius 2 is 2.25 bits per heavy atom. The number of urea groups is 1. The molecule has 92 valence electrons. The van der Waals surface area contributed by atoms with Crippen molar-refractivity contribution in [2.75, 3.05) is 19.7 Å². The number of carbonyl (C=O) groups is 2. The van der Waals surface area contributed by atoms with Crippen molar-refractivity contribution in [1.29, 1.82) is 0 Å². The summed E-state index contributed by atoms with van der Waals surface area (Å²) in [6.45, 7) is 2.75. The Morgan fingerprint density at radius 3 is 2.75 bits per heavy atom. The van der Waals surface area contributed by atoms with E-state index in [0.717, 1.165) is 12.8 Å². The van der Waals surface area contributed by atoms with Gasteiger partial charge in [0.05, 0.1) is 6.61 Å². The number of carbonyl (C=O) groups excluding carboxylic acids is 1. The van der Waals surface area contributed by atoms with Gasteiger partial charge in [-0.2, -0.15) is 0 Å². The number of piperidine rings is 1. The molecule has 0 radical (unpaired) electrons. The predicted octanol–water partition coefficient (Wildman–Crippen LogP) is -0.127. The lowest BCUT2D eigenvalue weighted by molar-refractivity contribution is -0.140. The molecule has 1 rings (SSSR count). The largest absolute Gasteiger partial charge is 0.480 e. The van der Waals surface area contributed by atoms with Gasteiger partial charge in [-0.3, -0.25) is 0 Å². The summed E-state index contributed by atoms with van der Waals surface area (Å²) in [5.41, 5.74) is 0. The molecule has 0 aromatic heterocycles. The number of nitrogens with one attached hydrogen (secondary N) is 1. The quantitative estimate of drug-likeness (QED) is 0.630. The minimum absolute atomic E-state index is 0.409. The van der Waals surface area contributed by atoms with E-state index in [2.05, 4.69) is 12.2 Å². The lowest BCUT2D eigenvalue weighted by Gasteiger charge is -2.31. The van der Waals surface area contributed by atoms with Gasteiger partial charge in [-0.05, 0) is 18.8 Å². The second-order valence-corrected chi connectivity index (χ2v) is 4.22. The van der Waals surface area contributed by atoms with Crippen molar-refractivity contribution >= 4 is 12.0 Å². The van der Waals surface area contributed by atoms with Gasteiger partial charge in [0.25, 0.3) is 0 Å². The fourth-order valence-corrected chi connectivity index (χ4v) is 1.80. The van der Waals surface area contributed by atoms with Gasteiger partial charge in [0, 0.05) is 13.1 Å². The summed E-state index contributed by atoms with van der Waals surface area (Å²) in [7, 11) is 0. The fourth-order valence-electron chi connectivity index (χ4n) is 1.80. The Bertz CT molecular complexity index is 270. The molecule has 6 heteroatoms. The highest BCUT2D eigenvalue weighted by Gasteiger charge is 2.25. The number of hydrogen-bond acceptors (Lipinski definition) is 3. The normalized spacial score (nSPS) is 22.6. The van der Waals surface area contributed by atoms with E-state index < -0.39 is 24.6 Å². The number of likely N-dealkylation sites (tertiary alicyclic amines) is 1. The van der Waals surface area contributed by atoms with Crippen molar-refractivity contribution in [3.8, 4) is 0 Å². The highest BCUT2D eigenvalue weighted by molar-refractivity contribution is 5.82. The number of aliphatic hydroxyl groups is 1. The second-order valence-electron chi connectivity index (χ2n) is 4.22. The number of amides is 2. The SMILES string of the molecule is CC1CCCN(C(=O)N[C@H](CO)C(=O)O)C1. The molecule has 0 spiro atoms. The molecule has 3 N–H and O–H groups in total. The van der Waals surface area contributed by atoms with Gasteiger partial charge in [0.2, 0.25) is 0 Å². The Morgan fingerprint density at radius 1 is 1.56 bits per heavy atom. The summed E-state index contributed by atoms with van der Waals surface area (Å²) < 4.78 is 0. The van der Waals surface area contributed by atoms with Gasteiger partial charge < -0.3 is 20.4 Å². The third-order valence-electron chi connectivity index (χ3n) is 2.72. The molecule has 1 saturated heterocycles. The lowest BCUT2D eigenvalue weighted by Crippen LogP contribution is -2.51. The smallest absolute Gasteiger partial charge is 0.328 e. The average molecular weight is 230 g/mol. The van der Waals surface area contributed by atoms with E-state index in [4.69, 9.17) is 10.2 Å². The Kier molecular flexibility index (Phi) is 4.54. The van der Waals surface area contributed by atoms with E-state index in [-0.39, 0.29) is 0 Å². The van der Waals surface area contributed by atoms with Crippen molar-refractivity contribution in [2.24, 2.45) is 5.92 Å². The summed E-state index contributed by atoms with van der Waals surface area (Å²) in [5, 5.41) is 19.8. The lowest BCUT2D eigenvalue weighted by atomic mass is 10.0. The molecule has 0 bridgehead atoms. The van der Waals surface area contributed by atoms with E-state index in [1.54, 1.807) is 4.90 Å². The number of nitrogens with zero attached hydrogens (tertiary/aromatic N) is 1. The first-order chi connectivity index (χ1) is 7.54. The standard InChI is InChI=1S/C10H18N2O4/c1-7-3-2-4-12(5-7)10(16)11-8(6-13)9(14)15/h7-8,13H,2-6H2,1H3,(H,11,16)(H,14,15)/t7?,8-/m1/s1.